The zero-order valence-electron chi connectivity index (χ0n) is 10.8. The summed E-state index contributed by atoms with van der Waals surface area (Å²) in [5.41, 5.74) is -0.215. The van der Waals surface area contributed by atoms with Crippen LogP contribution >= 0.6 is 0 Å². The molecule has 0 aromatic carbocycles. The molecule has 1 aromatic rings. The van der Waals surface area contributed by atoms with Gasteiger partial charge in [0.2, 0.25) is 0 Å². The molecule has 0 radical (unpaired) electrons. The Kier molecular flexibility index (Phi) is 6.04. The standard InChI is InChI=1S/C11H16F2N4O3/c1-2-3-14-9-4-7(17(19)20)5-10(16-9)15-6-8(18)11(12)13/h4-5,8,11,18H,2-3,6H2,1H3,(H2,14,15,16). The highest BCUT2D eigenvalue weighted by molar-refractivity contribution is 5.54. The molecule has 0 saturated carbocycles. The number of anilines is 2. The Labute approximate surface area is 114 Å². The molecule has 1 rings (SSSR count). The smallest absolute Gasteiger partial charge is 0.276 e. The molecule has 0 aliphatic heterocycles. The van der Waals surface area contributed by atoms with E-state index in [1.807, 2.05) is 6.92 Å². The van der Waals surface area contributed by atoms with Gasteiger partial charge in [0.25, 0.3) is 12.1 Å². The van der Waals surface area contributed by atoms with Crippen LogP contribution in [0.15, 0.2) is 12.1 Å². The Hall–Kier alpha value is -2.03. The van der Waals surface area contributed by atoms with Crippen molar-refractivity contribution in [3.8, 4) is 0 Å². The van der Waals surface area contributed by atoms with E-state index in [4.69, 9.17) is 5.11 Å². The average molecular weight is 290 g/mol. The molecule has 0 bridgehead atoms. The van der Waals surface area contributed by atoms with Crippen molar-refractivity contribution in [2.45, 2.75) is 25.9 Å². The molecular formula is C11H16F2N4O3. The molecule has 3 N–H and O–H groups in total. The van der Waals surface area contributed by atoms with E-state index in [2.05, 4.69) is 15.6 Å². The van der Waals surface area contributed by atoms with Crippen LogP contribution in [-0.4, -0.2) is 40.6 Å². The number of rotatable bonds is 8. The summed E-state index contributed by atoms with van der Waals surface area (Å²) in [6, 6.07) is 2.37. The lowest BCUT2D eigenvalue weighted by Gasteiger charge is -2.12. The Morgan fingerprint density at radius 3 is 2.50 bits per heavy atom. The summed E-state index contributed by atoms with van der Waals surface area (Å²) in [7, 11) is 0. The summed E-state index contributed by atoms with van der Waals surface area (Å²) in [4.78, 5) is 14.2. The van der Waals surface area contributed by atoms with Gasteiger partial charge in [0, 0.05) is 13.1 Å². The first-order valence-corrected chi connectivity index (χ1v) is 6.04. The van der Waals surface area contributed by atoms with E-state index < -0.39 is 24.0 Å². The Balaban J connectivity index is 2.82. The number of hydrogen-bond donors (Lipinski definition) is 3. The molecular weight excluding hydrogens is 274 g/mol. The maximum absolute atomic E-state index is 12.2. The Morgan fingerprint density at radius 1 is 1.40 bits per heavy atom. The number of alkyl halides is 2. The number of aromatic nitrogens is 1. The summed E-state index contributed by atoms with van der Waals surface area (Å²) in [5, 5.41) is 25.1. The first kappa shape index (κ1) is 16.0. The zero-order valence-corrected chi connectivity index (χ0v) is 10.8. The molecule has 1 heterocycles. The number of nitrogens with zero attached hydrogens (tertiary/aromatic N) is 2. The summed E-state index contributed by atoms with van der Waals surface area (Å²) in [5.74, 6) is 0.326. The third kappa shape index (κ3) is 4.92. The molecule has 1 atom stereocenters. The van der Waals surface area contributed by atoms with Crippen LogP contribution in [0.4, 0.5) is 26.1 Å². The highest BCUT2D eigenvalue weighted by Crippen LogP contribution is 2.20. The number of nitrogens with one attached hydrogen (secondary N) is 2. The van der Waals surface area contributed by atoms with Crippen molar-refractivity contribution in [2.75, 3.05) is 23.7 Å². The van der Waals surface area contributed by atoms with Crippen LogP contribution in [-0.2, 0) is 0 Å². The maximum Gasteiger partial charge on any atom is 0.276 e. The molecule has 0 spiro atoms. The summed E-state index contributed by atoms with van der Waals surface area (Å²) in [6.45, 7) is 2.05. The van der Waals surface area contributed by atoms with E-state index in [9.17, 15) is 18.9 Å². The van der Waals surface area contributed by atoms with Crippen LogP contribution in [0.5, 0.6) is 0 Å². The van der Waals surface area contributed by atoms with Gasteiger partial charge in [-0.3, -0.25) is 10.1 Å². The molecule has 1 unspecified atom stereocenters. The summed E-state index contributed by atoms with van der Waals surface area (Å²) < 4.78 is 24.3. The van der Waals surface area contributed by atoms with Gasteiger partial charge in [-0.25, -0.2) is 13.8 Å². The summed E-state index contributed by atoms with van der Waals surface area (Å²) in [6.07, 6.45) is -3.95. The molecule has 20 heavy (non-hydrogen) atoms. The van der Waals surface area contributed by atoms with Crippen LogP contribution in [0.2, 0.25) is 0 Å². The topological polar surface area (TPSA) is 100 Å². The zero-order chi connectivity index (χ0) is 15.1. The first-order valence-electron chi connectivity index (χ1n) is 6.04. The van der Waals surface area contributed by atoms with Crippen molar-refractivity contribution >= 4 is 17.3 Å². The number of pyridine rings is 1. The lowest BCUT2D eigenvalue weighted by molar-refractivity contribution is -0.384. The molecule has 7 nitrogen and oxygen atoms in total. The number of aliphatic hydroxyl groups is 1. The minimum atomic E-state index is -2.89. The fraction of sp³-hybridized carbons (Fsp3) is 0.545. The van der Waals surface area contributed by atoms with Gasteiger partial charge in [0.15, 0.2) is 0 Å². The molecule has 1 aromatic heterocycles. The predicted octanol–water partition coefficient (Wildman–Crippen LogP) is 1.85. The van der Waals surface area contributed by atoms with Gasteiger partial charge < -0.3 is 15.7 Å². The fourth-order valence-corrected chi connectivity index (χ4v) is 1.35. The quantitative estimate of drug-likeness (QED) is 0.499. The Morgan fingerprint density at radius 2 is 2.00 bits per heavy atom. The number of nitro groups is 1. The molecule has 0 amide bonds. The first-order chi connectivity index (χ1) is 9.43. The average Bonchev–Trinajstić information content (AvgIpc) is 2.42. The Bertz CT molecular complexity index is 459. The van der Waals surface area contributed by atoms with Gasteiger partial charge in [-0.1, -0.05) is 6.92 Å². The SMILES string of the molecule is CCCNc1cc([N+](=O)[O-])cc(NCC(O)C(F)F)n1. The minimum Gasteiger partial charge on any atom is -0.385 e. The van der Waals surface area contributed by atoms with Crippen molar-refractivity contribution in [1.29, 1.82) is 0 Å². The minimum absolute atomic E-state index is 0.0532. The van der Waals surface area contributed by atoms with Crippen molar-refractivity contribution < 1.29 is 18.8 Å². The van der Waals surface area contributed by atoms with Crippen LogP contribution in [0.25, 0.3) is 0 Å². The highest BCUT2D eigenvalue weighted by atomic mass is 19.3. The van der Waals surface area contributed by atoms with Gasteiger partial charge >= 0.3 is 0 Å². The third-order valence-corrected chi connectivity index (χ3v) is 2.36. The van der Waals surface area contributed by atoms with Crippen LogP contribution < -0.4 is 10.6 Å². The molecule has 0 fully saturated rings. The van der Waals surface area contributed by atoms with E-state index in [0.29, 0.717) is 6.54 Å². The van der Waals surface area contributed by atoms with E-state index >= 15 is 0 Å². The van der Waals surface area contributed by atoms with E-state index in [-0.39, 0.29) is 17.3 Å². The van der Waals surface area contributed by atoms with Crippen LogP contribution in [0.1, 0.15) is 13.3 Å². The largest absolute Gasteiger partial charge is 0.385 e. The molecule has 0 aliphatic carbocycles. The predicted molar refractivity (Wildman–Crippen MR) is 70.2 cm³/mol. The van der Waals surface area contributed by atoms with E-state index in [0.717, 1.165) is 12.5 Å². The number of hydrogen-bond acceptors (Lipinski definition) is 6. The molecule has 9 heteroatoms. The normalized spacial score (nSPS) is 12.2. The third-order valence-electron chi connectivity index (χ3n) is 2.36. The van der Waals surface area contributed by atoms with Gasteiger partial charge in [-0.15, -0.1) is 0 Å². The van der Waals surface area contributed by atoms with Gasteiger partial charge in [0.05, 0.1) is 17.1 Å². The molecule has 112 valence electrons. The second-order valence-electron chi connectivity index (χ2n) is 4.06. The molecule has 0 saturated heterocycles. The van der Waals surface area contributed by atoms with Crippen LogP contribution in [0, 0.1) is 10.1 Å². The number of halogens is 2. The number of aliphatic hydroxyl groups excluding tert-OH is 1. The van der Waals surface area contributed by atoms with E-state index in [1.54, 1.807) is 0 Å². The monoisotopic (exact) mass is 290 g/mol. The fourth-order valence-electron chi connectivity index (χ4n) is 1.35. The van der Waals surface area contributed by atoms with Crippen molar-refractivity contribution in [2.24, 2.45) is 0 Å². The van der Waals surface area contributed by atoms with Crippen molar-refractivity contribution in [3.05, 3.63) is 22.2 Å². The van der Waals surface area contributed by atoms with Gasteiger partial charge in [0.1, 0.15) is 17.7 Å². The molecule has 0 aliphatic rings. The highest BCUT2D eigenvalue weighted by Gasteiger charge is 2.17. The maximum atomic E-state index is 12.2. The second-order valence-corrected chi connectivity index (χ2v) is 4.06. The second kappa shape index (κ2) is 7.53. The van der Waals surface area contributed by atoms with Gasteiger partial charge in [-0.2, -0.15) is 0 Å². The van der Waals surface area contributed by atoms with Crippen molar-refractivity contribution in [1.82, 2.24) is 4.98 Å². The van der Waals surface area contributed by atoms with Crippen molar-refractivity contribution in [3.63, 3.8) is 0 Å². The van der Waals surface area contributed by atoms with Crippen LogP contribution in [0.3, 0.4) is 0 Å². The van der Waals surface area contributed by atoms with Gasteiger partial charge in [-0.05, 0) is 6.42 Å². The lowest BCUT2D eigenvalue weighted by Crippen LogP contribution is -2.27. The van der Waals surface area contributed by atoms with E-state index in [1.165, 1.54) is 6.07 Å². The summed E-state index contributed by atoms with van der Waals surface area (Å²) >= 11 is 0. The lowest BCUT2D eigenvalue weighted by atomic mass is 10.3.